The van der Waals surface area contributed by atoms with Crippen molar-refractivity contribution in [1.82, 2.24) is 40.0 Å². The molecule has 5 N–H and O–H groups in total. The molecule has 1 aliphatic carbocycles. The Bertz CT molecular complexity index is 2510. The van der Waals surface area contributed by atoms with Crippen LogP contribution in [0.2, 0.25) is 0 Å². The zero-order valence-electron chi connectivity index (χ0n) is 36.4. The Hall–Kier alpha value is -6.27. The molecule has 5 heterocycles. The number of hydrogen-bond donors (Lipinski definition) is 5. The van der Waals surface area contributed by atoms with Crippen LogP contribution in [-0.4, -0.2) is 105 Å². The Morgan fingerprint density at radius 1 is 0.841 bits per heavy atom. The van der Waals surface area contributed by atoms with E-state index in [1.54, 1.807) is 36.0 Å². The van der Waals surface area contributed by atoms with Crippen LogP contribution in [0.4, 0.5) is 28.3 Å². The van der Waals surface area contributed by atoms with E-state index in [0.717, 1.165) is 92.9 Å². The lowest BCUT2D eigenvalue weighted by Crippen LogP contribution is -2.49. The Morgan fingerprint density at radius 2 is 1.59 bits per heavy atom. The number of fused-ring (bicyclic) bond motifs is 1. The zero-order chi connectivity index (χ0) is 44.5. The molecule has 0 radical (unpaired) electrons. The largest absolute Gasteiger partial charge is 0.376 e. The molecule has 5 aromatic rings. The Morgan fingerprint density at radius 3 is 2.25 bits per heavy atom. The number of anilines is 5. The van der Waals surface area contributed by atoms with Crippen molar-refractivity contribution in [2.75, 3.05) is 73.2 Å². The van der Waals surface area contributed by atoms with Crippen molar-refractivity contribution in [1.29, 1.82) is 0 Å². The highest BCUT2D eigenvalue weighted by atomic mass is 32.1. The molecule has 2 aliphatic rings. The summed E-state index contributed by atoms with van der Waals surface area (Å²) in [6.07, 6.45) is 11.5. The van der Waals surface area contributed by atoms with Crippen LogP contribution in [0.1, 0.15) is 94.6 Å². The third kappa shape index (κ3) is 11.4. The molecule has 0 bridgehead atoms. The lowest BCUT2D eigenvalue weighted by atomic mass is 10.0. The molecule has 2 fully saturated rings. The van der Waals surface area contributed by atoms with E-state index in [0.29, 0.717) is 58.7 Å². The van der Waals surface area contributed by atoms with Gasteiger partial charge in [0.15, 0.2) is 10.9 Å². The van der Waals surface area contributed by atoms with Crippen molar-refractivity contribution >= 4 is 74.1 Å². The van der Waals surface area contributed by atoms with Gasteiger partial charge < -0.3 is 26.2 Å². The SMILES string of the molecule is CC(=O)c1c(C)c2cnc(Nc3ccc(N4CCN(CC(=O)NCCCCCNC(=O)CNc5ccc(C(=O)Nc6ncc(C)s6)c(C)c5)CC4)cn3)nc2n(C2CCCC2)c1=O. The topological polar surface area (TPSA) is 208 Å². The maximum Gasteiger partial charge on any atom is 0.263 e. The number of ketones is 1. The average Bonchev–Trinajstić information content (AvgIpc) is 3.95. The minimum absolute atomic E-state index is 0.000481. The van der Waals surface area contributed by atoms with E-state index in [-0.39, 0.29) is 47.2 Å². The van der Waals surface area contributed by atoms with E-state index in [1.165, 1.54) is 18.3 Å². The lowest BCUT2D eigenvalue weighted by Gasteiger charge is -2.35. The Kier molecular flexibility index (Phi) is 14.7. The van der Waals surface area contributed by atoms with Crippen LogP contribution in [0.25, 0.3) is 11.0 Å². The number of nitrogens with one attached hydrogen (secondary N) is 5. The zero-order valence-corrected chi connectivity index (χ0v) is 37.2. The number of benzene rings is 1. The number of amides is 3. The van der Waals surface area contributed by atoms with Gasteiger partial charge in [0.25, 0.3) is 11.5 Å². The van der Waals surface area contributed by atoms with Crippen LogP contribution in [0, 0.1) is 20.8 Å². The van der Waals surface area contributed by atoms with Gasteiger partial charge >= 0.3 is 0 Å². The molecule has 4 aromatic heterocycles. The first-order valence-corrected chi connectivity index (χ1v) is 22.5. The molecule has 0 spiro atoms. The number of hydrogen-bond acceptors (Lipinski definition) is 14. The highest BCUT2D eigenvalue weighted by molar-refractivity contribution is 7.15. The molecule has 0 atom stereocenters. The Balaban J connectivity index is 0.769. The molecule has 1 saturated carbocycles. The lowest BCUT2D eigenvalue weighted by molar-refractivity contribution is -0.122. The molecule has 332 valence electrons. The van der Waals surface area contributed by atoms with E-state index >= 15 is 0 Å². The normalized spacial score (nSPS) is 14.4. The second-order valence-electron chi connectivity index (χ2n) is 16.3. The Labute approximate surface area is 370 Å². The quantitative estimate of drug-likeness (QED) is 0.0544. The summed E-state index contributed by atoms with van der Waals surface area (Å²) in [6, 6.07) is 9.23. The van der Waals surface area contributed by atoms with E-state index in [9.17, 15) is 24.0 Å². The first kappa shape index (κ1) is 44.8. The number of aryl methyl sites for hydroxylation is 3. The number of piperazine rings is 1. The van der Waals surface area contributed by atoms with E-state index in [4.69, 9.17) is 4.98 Å². The number of rotatable bonds is 18. The molecular weight excluding hydrogens is 821 g/mol. The third-order valence-corrected chi connectivity index (χ3v) is 12.4. The minimum Gasteiger partial charge on any atom is -0.376 e. The molecular formula is C45H56N12O5S. The van der Waals surface area contributed by atoms with Crippen molar-refractivity contribution in [2.24, 2.45) is 0 Å². The number of carbonyl (C=O) groups is 4. The maximum absolute atomic E-state index is 13.6. The van der Waals surface area contributed by atoms with Crippen LogP contribution >= 0.6 is 11.3 Å². The van der Waals surface area contributed by atoms with Crippen molar-refractivity contribution in [3.05, 3.63) is 86.4 Å². The van der Waals surface area contributed by atoms with Crippen LogP contribution in [0.5, 0.6) is 0 Å². The van der Waals surface area contributed by atoms with Crippen molar-refractivity contribution in [2.45, 2.75) is 78.7 Å². The average molecular weight is 877 g/mol. The van der Waals surface area contributed by atoms with Gasteiger partial charge in [-0.3, -0.25) is 38.8 Å². The number of thiazole rings is 1. The standard InChI is InChI=1S/C45H56N12O5S/c1-28-22-32(12-14-35(28)42(61)54-45-51-23-29(2)63-45)48-26-38(59)46-16-8-5-9-17-47-39(60)27-55-18-20-56(21-19-55)34-13-15-37(49-24-34)52-44-50-25-36-30(3)40(31(4)58)43(62)57(41(36)53-44)33-10-6-7-11-33/h12-15,22-25,33,48H,5-11,16-21,26-27H2,1-4H3,(H,46,59)(H,47,60)(H,51,54,61)(H,49,50,52,53). The van der Waals surface area contributed by atoms with Gasteiger partial charge in [0.1, 0.15) is 11.5 Å². The van der Waals surface area contributed by atoms with Gasteiger partial charge in [0.05, 0.1) is 30.5 Å². The highest BCUT2D eigenvalue weighted by Crippen LogP contribution is 2.32. The van der Waals surface area contributed by atoms with E-state index in [2.05, 4.69) is 51.3 Å². The smallest absolute Gasteiger partial charge is 0.263 e. The van der Waals surface area contributed by atoms with Crippen molar-refractivity contribution < 1.29 is 19.2 Å². The van der Waals surface area contributed by atoms with Gasteiger partial charge in [-0.25, -0.2) is 15.0 Å². The third-order valence-electron chi connectivity index (χ3n) is 11.6. The number of nitrogens with zero attached hydrogens (tertiary/aromatic N) is 7. The molecule has 17 nitrogen and oxygen atoms in total. The van der Waals surface area contributed by atoms with Gasteiger partial charge in [0.2, 0.25) is 17.8 Å². The molecule has 63 heavy (non-hydrogen) atoms. The first-order valence-electron chi connectivity index (χ1n) is 21.7. The van der Waals surface area contributed by atoms with Gasteiger partial charge in [-0.15, -0.1) is 11.3 Å². The molecule has 1 saturated heterocycles. The first-order chi connectivity index (χ1) is 30.4. The summed E-state index contributed by atoms with van der Waals surface area (Å²) >= 11 is 1.42. The highest BCUT2D eigenvalue weighted by Gasteiger charge is 2.26. The molecule has 0 unspecified atom stereocenters. The number of aromatic nitrogens is 5. The van der Waals surface area contributed by atoms with Gasteiger partial charge in [-0.2, -0.15) is 4.98 Å². The van der Waals surface area contributed by atoms with Crippen LogP contribution in [0.3, 0.4) is 0 Å². The summed E-state index contributed by atoms with van der Waals surface area (Å²) in [5, 5.41) is 16.3. The van der Waals surface area contributed by atoms with Crippen molar-refractivity contribution in [3.8, 4) is 0 Å². The fraction of sp³-hybridized carbons (Fsp3) is 0.444. The molecule has 1 aromatic carbocycles. The summed E-state index contributed by atoms with van der Waals surface area (Å²) < 4.78 is 1.70. The number of Topliss-reactive ketones (excluding diaryl/α,β-unsaturated/α-hetero) is 1. The predicted octanol–water partition coefficient (Wildman–Crippen LogP) is 5.52. The van der Waals surface area contributed by atoms with Gasteiger partial charge in [-0.05, 0) is 101 Å². The predicted molar refractivity (Wildman–Crippen MR) is 247 cm³/mol. The summed E-state index contributed by atoms with van der Waals surface area (Å²) in [5.41, 5.74) is 4.13. The molecule has 3 amide bonds. The second-order valence-corrected chi connectivity index (χ2v) is 17.5. The fourth-order valence-corrected chi connectivity index (χ4v) is 8.89. The molecule has 1 aliphatic heterocycles. The number of unbranched alkanes of at least 4 members (excludes halogenated alkanes) is 2. The van der Waals surface area contributed by atoms with Crippen LogP contribution < -0.4 is 37.0 Å². The van der Waals surface area contributed by atoms with Gasteiger partial charge in [0, 0.05) is 79.2 Å². The molecule has 7 rings (SSSR count). The van der Waals surface area contributed by atoms with Crippen molar-refractivity contribution in [3.63, 3.8) is 0 Å². The van der Waals surface area contributed by atoms with E-state index < -0.39 is 0 Å². The monoisotopic (exact) mass is 876 g/mol. The maximum atomic E-state index is 13.6. The minimum atomic E-state index is -0.284. The number of pyridine rings is 2. The van der Waals surface area contributed by atoms with Gasteiger partial charge in [-0.1, -0.05) is 12.8 Å². The summed E-state index contributed by atoms with van der Waals surface area (Å²) in [5.74, 6) is 0.310. The summed E-state index contributed by atoms with van der Waals surface area (Å²) in [7, 11) is 0. The number of carbonyl (C=O) groups excluding carboxylic acids is 4. The fourth-order valence-electron chi connectivity index (χ4n) is 8.23. The van der Waals surface area contributed by atoms with Crippen LogP contribution in [0.15, 0.2) is 53.7 Å². The summed E-state index contributed by atoms with van der Waals surface area (Å²) in [6.45, 7) is 11.6. The van der Waals surface area contributed by atoms with Crippen LogP contribution in [-0.2, 0) is 9.59 Å². The van der Waals surface area contributed by atoms with E-state index in [1.807, 2.05) is 38.2 Å². The second kappa shape index (κ2) is 20.7. The molecule has 18 heteroatoms. The summed E-state index contributed by atoms with van der Waals surface area (Å²) in [4.78, 5) is 87.2.